The van der Waals surface area contributed by atoms with E-state index in [9.17, 15) is 0 Å². The summed E-state index contributed by atoms with van der Waals surface area (Å²) in [6, 6.07) is 6.02. The highest BCUT2D eigenvalue weighted by Gasteiger charge is 2.11. The lowest BCUT2D eigenvalue weighted by Crippen LogP contribution is -2.17. The molecule has 3 rings (SSSR count). The van der Waals surface area contributed by atoms with E-state index in [1.807, 2.05) is 25.2 Å². The molecule has 0 radical (unpaired) electrons. The van der Waals surface area contributed by atoms with Crippen molar-refractivity contribution in [3.05, 3.63) is 35.7 Å². The van der Waals surface area contributed by atoms with Crippen LogP contribution in [0.2, 0.25) is 0 Å². The number of hydrogen-bond donors (Lipinski definition) is 1. The zero-order valence-corrected chi connectivity index (χ0v) is 10.8. The first-order chi connectivity index (χ1) is 9.33. The van der Waals surface area contributed by atoms with Gasteiger partial charge in [-0.1, -0.05) is 11.3 Å². The topological polar surface area (TPSA) is 61.2 Å². The predicted octanol–water partition coefficient (Wildman–Crippen LogP) is 0.876. The molecule has 6 nitrogen and oxygen atoms in total. The van der Waals surface area contributed by atoms with Gasteiger partial charge in [-0.15, -0.1) is 5.10 Å². The highest BCUT2D eigenvalue weighted by molar-refractivity contribution is 5.43. The molecule has 1 aromatic carbocycles. The Balaban J connectivity index is 1.59. The van der Waals surface area contributed by atoms with E-state index in [-0.39, 0.29) is 0 Å². The van der Waals surface area contributed by atoms with Gasteiger partial charge in [0, 0.05) is 20.1 Å². The third kappa shape index (κ3) is 2.68. The van der Waals surface area contributed by atoms with Gasteiger partial charge < -0.3 is 14.8 Å². The molecule has 1 aromatic heterocycles. The van der Waals surface area contributed by atoms with Gasteiger partial charge in [-0.05, 0) is 17.7 Å². The minimum atomic E-state index is 0.616. The molecule has 0 amide bonds. The summed E-state index contributed by atoms with van der Waals surface area (Å²) in [5.41, 5.74) is 2.22. The van der Waals surface area contributed by atoms with Gasteiger partial charge in [0.05, 0.1) is 11.9 Å². The van der Waals surface area contributed by atoms with Crippen LogP contribution in [0.1, 0.15) is 11.3 Å². The van der Waals surface area contributed by atoms with Crippen LogP contribution >= 0.6 is 0 Å². The van der Waals surface area contributed by atoms with Crippen LogP contribution in [-0.2, 0) is 20.1 Å². The van der Waals surface area contributed by atoms with Crippen molar-refractivity contribution in [1.29, 1.82) is 0 Å². The molecule has 0 fully saturated rings. The summed E-state index contributed by atoms with van der Waals surface area (Å²) in [6.45, 7) is 2.74. The summed E-state index contributed by atoms with van der Waals surface area (Å²) in [4.78, 5) is 0. The smallest absolute Gasteiger partial charge is 0.161 e. The van der Waals surface area contributed by atoms with Crippen molar-refractivity contribution in [2.75, 3.05) is 13.2 Å². The number of hydrogen-bond acceptors (Lipinski definition) is 5. The van der Waals surface area contributed by atoms with Gasteiger partial charge in [-0.2, -0.15) is 0 Å². The highest BCUT2D eigenvalue weighted by atomic mass is 16.6. The van der Waals surface area contributed by atoms with Gasteiger partial charge in [-0.25, -0.2) is 0 Å². The van der Waals surface area contributed by atoms with Gasteiger partial charge in [0.2, 0.25) is 0 Å². The summed E-state index contributed by atoms with van der Waals surface area (Å²) < 4.78 is 12.8. The average molecular weight is 260 g/mol. The summed E-state index contributed by atoms with van der Waals surface area (Å²) >= 11 is 0. The molecule has 1 aliphatic heterocycles. The van der Waals surface area contributed by atoms with Crippen LogP contribution in [-0.4, -0.2) is 28.2 Å². The number of nitrogens with one attached hydrogen (secondary N) is 1. The number of aromatic nitrogens is 3. The van der Waals surface area contributed by atoms with Crippen molar-refractivity contribution >= 4 is 0 Å². The first-order valence-corrected chi connectivity index (χ1v) is 6.26. The third-order valence-electron chi connectivity index (χ3n) is 3.05. The normalized spacial score (nSPS) is 13.5. The van der Waals surface area contributed by atoms with Crippen LogP contribution in [0.3, 0.4) is 0 Å². The summed E-state index contributed by atoms with van der Waals surface area (Å²) in [5.74, 6) is 1.65. The summed E-state index contributed by atoms with van der Waals surface area (Å²) in [7, 11) is 1.88. The first kappa shape index (κ1) is 12.0. The Kier molecular flexibility index (Phi) is 3.33. The Morgan fingerprint density at radius 3 is 2.84 bits per heavy atom. The van der Waals surface area contributed by atoms with Crippen molar-refractivity contribution in [2.45, 2.75) is 13.1 Å². The molecule has 0 bridgehead atoms. The zero-order valence-electron chi connectivity index (χ0n) is 10.8. The van der Waals surface area contributed by atoms with Gasteiger partial charge in [0.25, 0.3) is 0 Å². The molecule has 0 atom stereocenters. The largest absolute Gasteiger partial charge is 0.486 e. The van der Waals surface area contributed by atoms with Gasteiger partial charge in [0.15, 0.2) is 11.5 Å². The summed E-state index contributed by atoms with van der Waals surface area (Å²) in [6.07, 6.45) is 1.76. The Bertz CT molecular complexity index is 568. The molecule has 1 N–H and O–H groups in total. The fraction of sp³-hybridized carbons (Fsp3) is 0.385. The van der Waals surface area contributed by atoms with E-state index in [1.165, 1.54) is 5.56 Å². The molecular formula is C13H16N4O2. The van der Waals surface area contributed by atoms with Gasteiger partial charge >= 0.3 is 0 Å². The lowest BCUT2D eigenvalue weighted by atomic mass is 10.2. The molecule has 19 heavy (non-hydrogen) atoms. The molecule has 1 aliphatic rings. The number of ether oxygens (including phenoxy) is 2. The fourth-order valence-electron chi connectivity index (χ4n) is 2.00. The molecule has 2 aromatic rings. The lowest BCUT2D eigenvalue weighted by molar-refractivity contribution is 0.171. The molecule has 0 saturated carbocycles. The molecule has 2 heterocycles. The van der Waals surface area contributed by atoms with E-state index < -0.39 is 0 Å². The Morgan fingerprint density at radius 2 is 2.05 bits per heavy atom. The number of fused-ring (bicyclic) bond motifs is 1. The van der Waals surface area contributed by atoms with Gasteiger partial charge in [-0.3, -0.25) is 4.68 Å². The minimum absolute atomic E-state index is 0.616. The number of rotatable bonds is 4. The molecule has 6 heteroatoms. The van der Waals surface area contributed by atoms with E-state index in [2.05, 4.69) is 15.6 Å². The number of nitrogens with zero attached hydrogens (tertiary/aromatic N) is 3. The van der Waals surface area contributed by atoms with Crippen LogP contribution in [0.15, 0.2) is 24.4 Å². The lowest BCUT2D eigenvalue weighted by Gasteiger charge is -2.18. The second-order valence-electron chi connectivity index (χ2n) is 4.43. The minimum Gasteiger partial charge on any atom is -0.486 e. The Hall–Kier alpha value is -2.08. The van der Waals surface area contributed by atoms with E-state index in [1.54, 1.807) is 10.9 Å². The molecule has 100 valence electrons. The van der Waals surface area contributed by atoms with Gasteiger partial charge in [0.1, 0.15) is 13.2 Å². The SMILES string of the molecule is Cn1nncc1CNCc1ccc2c(c1)OCCO2. The zero-order chi connectivity index (χ0) is 13.1. The third-order valence-corrected chi connectivity index (χ3v) is 3.05. The van der Waals surface area contributed by atoms with E-state index in [4.69, 9.17) is 9.47 Å². The van der Waals surface area contributed by atoms with E-state index >= 15 is 0 Å². The average Bonchev–Trinajstić information content (AvgIpc) is 2.84. The maximum Gasteiger partial charge on any atom is 0.161 e. The fourth-order valence-corrected chi connectivity index (χ4v) is 2.00. The Morgan fingerprint density at radius 1 is 1.21 bits per heavy atom. The van der Waals surface area contributed by atoms with Crippen molar-refractivity contribution in [2.24, 2.45) is 7.05 Å². The second kappa shape index (κ2) is 5.27. The maximum atomic E-state index is 5.56. The predicted molar refractivity (Wildman–Crippen MR) is 69.0 cm³/mol. The van der Waals surface area contributed by atoms with Crippen LogP contribution in [0.25, 0.3) is 0 Å². The summed E-state index contributed by atoms with van der Waals surface area (Å²) in [5, 5.41) is 11.1. The molecule has 0 unspecified atom stereocenters. The quantitative estimate of drug-likeness (QED) is 0.884. The van der Waals surface area contributed by atoms with E-state index in [0.717, 1.165) is 30.3 Å². The maximum absolute atomic E-state index is 5.56. The molecule has 0 aliphatic carbocycles. The standard InChI is InChI=1S/C13H16N4O2/c1-17-11(9-15-16-17)8-14-7-10-2-3-12-13(6-10)19-5-4-18-12/h2-3,6,9,14H,4-5,7-8H2,1H3. The van der Waals surface area contributed by atoms with Crippen molar-refractivity contribution < 1.29 is 9.47 Å². The number of benzene rings is 1. The van der Waals surface area contributed by atoms with Crippen LogP contribution in [0.4, 0.5) is 0 Å². The van der Waals surface area contributed by atoms with E-state index in [0.29, 0.717) is 13.2 Å². The molecule has 0 spiro atoms. The van der Waals surface area contributed by atoms with Crippen molar-refractivity contribution in [3.63, 3.8) is 0 Å². The van der Waals surface area contributed by atoms with Crippen LogP contribution in [0.5, 0.6) is 11.5 Å². The monoisotopic (exact) mass is 260 g/mol. The highest BCUT2D eigenvalue weighted by Crippen LogP contribution is 2.30. The first-order valence-electron chi connectivity index (χ1n) is 6.26. The van der Waals surface area contributed by atoms with Crippen LogP contribution < -0.4 is 14.8 Å². The van der Waals surface area contributed by atoms with Crippen LogP contribution in [0, 0.1) is 0 Å². The second-order valence-corrected chi connectivity index (χ2v) is 4.43. The van der Waals surface area contributed by atoms with Crippen molar-refractivity contribution in [1.82, 2.24) is 20.3 Å². The molecular weight excluding hydrogens is 244 g/mol. The molecule has 0 saturated heterocycles. The van der Waals surface area contributed by atoms with Crippen molar-refractivity contribution in [3.8, 4) is 11.5 Å². The Labute approximate surface area is 111 Å². The number of aryl methyl sites for hydroxylation is 1.